The number of rotatable bonds is 3. The van der Waals surface area contributed by atoms with Crippen molar-refractivity contribution in [3.05, 3.63) is 11.7 Å². The SMILES string of the molecule is CC(C)(C)c1nc(CN2CCC[C@@H]([C@@]3(C)NC(=O)NC3=O)C2)no1. The summed E-state index contributed by atoms with van der Waals surface area (Å²) in [5.74, 6) is 1.10. The minimum atomic E-state index is -0.844. The predicted octanol–water partition coefficient (Wildman–Crippen LogP) is 1.18. The summed E-state index contributed by atoms with van der Waals surface area (Å²) in [7, 11) is 0. The van der Waals surface area contributed by atoms with Gasteiger partial charge in [-0.2, -0.15) is 4.98 Å². The Balaban J connectivity index is 1.67. The molecule has 2 aliphatic heterocycles. The standard InChI is InChI=1S/C16H25N5O3/c1-15(2,3)13-17-11(20-24-13)9-21-7-5-6-10(8-21)16(4)12(22)18-14(23)19-16/h10H,5-9H2,1-4H3,(H2,18,19,22,23)/t10-,16-/m1/s1. The fraction of sp³-hybridized carbons (Fsp3) is 0.750. The molecule has 2 atom stereocenters. The Morgan fingerprint density at radius 3 is 2.71 bits per heavy atom. The molecule has 0 spiro atoms. The molecule has 0 radical (unpaired) electrons. The molecule has 24 heavy (non-hydrogen) atoms. The van der Waals surface area contributed by atoms with Gasteiger partial charge in [0.15, 0.2) is 5.82 Å². The highest BCUT2D eigenvalue weighted by Crippen LogP contribution is 2.30. The number of nitrogens with one attached hydrogen (secondary N) is 2. The highest BCUT2D eigenvalue weighted by molar-refractivity contribution is 6.06. The number of likely N-dealkylation sites (tertiary alicyclic amines) is 1. The molecule has 3 rings (SSSR count). The number of hydrogen-bond donors (Lipinski definition) is 2. The third-order valence-corrected chi connectivity index (χ3v) is 4.87. The number of urea groups is 1. The van der Waals surface area contributed by atoms with Crippen molar-refractivity contribution in [2.24, 2.45) is 5.92 Å². The summed E-state index contributed by atoms with van der Waals surface area (Å²) >= 11 is 0. The largest absolute Gasteiger partial charge is 0.339 e. The van der Waals surface area contributed by atoms with Gasteiger partial charge in [0.1, 0.15) is 5.54 Å². The fourth-order valence-electron chi connectivity index (χ4n) is 3.34. The molecular formula is C16H25N5O3. The van der Waals surface area contributed by atoms with Gasteiger partial charge in [0.05, 0.1) is 6.54 Å². The molecule has 1 aromatic heterocycles. The highest BCUT2D eigenvalue weighted by Gasteiger charge is 2.48. The van der Waals surface area contributed by atoms with E-state index >= 15 is 0 Å². The first-order valence-corrected chi connectivity index (χ1v) is 8.37. The van der Waals surface area contributed by atoms with Gasteiger partial charge in [-0.15, -0.1) is 0 Å². The monoisotopic (exact) mass is 335 g/mol. The van der Waals surface area contributed by atoms with Crippen LogP contribution in [-0.2, 0) is 16.8 Å². The van der Waals surface area contributed by atoms with Crippen LogP contribution in [0.3, 0.4) is 0 Å². The molecule has 2 saturated heterocycles. The van der Waals surface area contributed by atoms with Crippen LogP contribution in [0.4, 0.5) is 4.79 Å². The van der Waals surface area contributed by atoms with Crippen LogP contribution in [-0.4, -0.2) is 45.6 Å². The Morgan fingerprint density at radius 2 is 2.12 bits per heavy atom. The minimum absolute atomic E-state index is 0.0617. The molecule has 132 valence electrons. The van der Waals surface area contributed by atoms with E-state index in [1.54, 1.807) is 6.92 Å². The lowest BCUT2D eigenvalue weighted by Crippen LogP contribution is -2.55. The van der Waals surface area contributed by atoms with Crippen molar-refractivity contribution < 1.29 is 14.1 Å². The summed E-state index contributed by atoms with van der Waals surface area (Å²) in [6.45, 7) is 10.1. The van der Waals surface area contributed by atoms with E-state index in [2.05, 4.69) is 25.7 Å². The fourth-order valence-corrected chi connectivity index (χ4v) is 3.34. The molecule has 2 N–H and O–H groups in total. The lowest BCUT2D eigenvalue weighted by Gasteiger charge is -2.39. The molecule has 0 aromatic carbocycles. The van der Waals surface area contributed by atoms with Gasteiger partial charge in [0.25, 0.3) is 5.91 Å². The van der Waals surface area contributed by atoms with E-state index in [-0.39, 0.29) is 17.2 Å². The van der Waals surface area contributed by atoms with E-state index in [4.69, 9.17) is 4.52 Å². The van der Waals surface area contributed by atoms with Crippen molar-refractivity contribution >= 4 is 11.9 Å². The van der Waals surface area contributed by atoms with E-state index in [1.165, 1.54) is 0 Å². The molecule has 0 unspecified atom stereocenters. The lowest BCUT2D eigenvalue weighted by molar-refractivity contribution is -0.126. The summed E-state index contributed by atoms with van der Waals surface area (Å²) in [4.78, 5) is 30.3. The van der Waals surface area contributed by atoms with Crippen molar-refractivity contribution in [1.82, 2.24) is 25.7 Å². The Morgan fingerprint density at radius 1 is 1.38 bits per heavy atom. The van der Waals surface area contributed by atoms with Crippen molar-refractivity contribution in [3.63, 3.8) is 0 Å². The molecular weight excluding hydrogens is 310 g/mol. The smallest absolute Gasteiger partial charge is 0.322 e. The normalized spacial score (nSPS) is 28.8. The summed E-state index contributed by atoms with van der Waals surface area (Å²) in [5, 5.41) is 9.19. The van der Waals surface area contributed by atoms with E-state index in [0.29, 0.717) is 24.8 Å². The van der Waals surface area contributed by atoms with Crippen LogP contribution >= 0.6 is 0 Å². The number of amides is 3. The van der Waals surface area contributed by atoms with Gasteiger partial charge in [-0.05, 0) is 26.3 Å². The first kappa shape index (κ1) is 16.9. The maximum absolute atomic E-state index is 12.1. The van der Waals surface area contributed by atoms with E-state index in [0.717, 1.165) is 19.4 Å². The Hall–Kier alpha value is -1.96. The molecule has 8 nitrogen and oxygen atoms in total. The van der Waals surface area contributed by atoms with Crippen molar-refractivity contribution in [3.8, 4) is 0 Å². The molecule has 3 heterocycles. The van der Waals surface area contributed by atoms with Crippen molar-refractivity contribution in [2.75, 3.05) is 13.1 Å². The molecule has 0 saturated carbocycles. The third kappa shape index (κ3) is 3.15. The zero-order valence-corrected chi connectivity index (χ0v) is 14.7. The van der Waals surface area contributed by atoms with Gasteiger partial charge < -0.3 is 9.84 Å². The van der Waals surface area contributed by atoms with E-state index in [1.807, 2.05) is 20.8 Å². The second-order valence-electron chi connectivity index (χ2n) is 7.95. The van der Waals surface area contributed by atoms with Gasteiger partial charge in [0, 0.05) is 17.9 Å². The molecule has 3 amide bonds. The average Bonchev–Trinajstić information content (AvgIpc) is 3.05. The Labute approximate surface area is 141 Å². The number of imide groups is 1. The summed E-state index contributed by atoms with van der Waals surface area (Å²) in [5.41, 5.74) is -1.01. The predicted molar refractivity (Wildman–Crippen MR) is 86.1 cm³/mol. The number of aromatic nitrogens is 2. The van der Waals surface area contributed by atoms with Crippen molar-refractivity contribution in [1.29, 1.82) is 0 Å². The zero-order chi connectivity index (χ0) is 17.5. The summed E-state index contributed by atoms with van der Waals surface area (Å²) in [6, 6.07) is -0.410. The second-order valence-corrected chi connectivity index (χ2v) is 7.95. The number of carbonyl (C=O) groups excluding carboxylic acids is 2. The number of nitrogens with zero attached hydrogens (tertiary/aromatic N) is 3. The van der Waals surface area contributed by atoms with Crippen LogP contribution in [0, 0.1) is 5.92 Å². The third-order valence-electron chi connectivity index (χ3n) is 4.87. The number of hydrogen-bond acceptors (Lipinski definition) is 6. The summed E-state index contributed by atoms with van der Waals surface area (Å²) in [6.07, 6.45) is 1.87. The zero-order valence-electron chi connectivity index (χ0n) is 14.7. The van der Waals surface area contributed by atoms with Crippen LogP contribution in [0.1, 0.15) is 52.3 Å². The van der Waals surface area contributed by atoms with Gasteiger partial charge >= 0.3 is 6.03 Å². The van der Waals surface area contributed by atoms with Crippen LogP contribution in [0.25, 0.3) is 0 Å². The topological polar surface area (TPSA) is 100 Å². The quantitative estimate of drug-likeness (QED) is 0.805. The molecule has 0 bridgehead atoms. The number of piperidine rings is 1. The maximum Gasteiger partial charge on any atom is 0.322 e. The van der Waals surface area contributed by atoms with Gasteiger partial charge in [-0.25, -0.2) is 4.79 Å². The van der Waals surface area contributed by atoms with Gasteiger partial charge in [-0.1, -0.05) is 25.9 Å². The van der Waals surface area contributed by atoms with E-state index < -0.39 is 11.6 Å². The Kier molecular flexibility index (Phi) is 4.11. The number of carbonyl (C=O) groups is 2. The molecule has 0 aliphatic carbocycles. The highest BCUT2D eigenvalue weighted by atomic mass is 16.5. The Bertz CT molecular complexity index is 650. The van der Waals surface area contributed by atoms with Gasteiger partial charge in [-0.3, -0.25) is 15.0 Å². The first-order chi connectivity index (χ1) is 11.2. The maximum atomic E-state index is 12.1. The van der Waals surface area contributed by atoms with Crippen molar-refractivity contribution in [2.45, 2.75) is 58.0 Å². The average molecular weight is 335 g/mol. The first-order valence-electron chi connectivity index (χ1n) is 8.37. The lowest BCUT2D eigenvalue weighted by atomic mass is 9.80. The van der Waals surface area contributed by atoms with Crippen LogP contribution in [0.2, 0.25) is 0 Å². The van der Waals surface area contributed by atoms with Crippen LogP contribution < -0.4 is 10.6 Å². The molecule has 8 heteroatoms. The second kappa shape index (κ2) is 5.84. The van der Waals surface area contributed by atoms with E-state index in [9.17, 15) is 9.59 Å². The van der Waals surface area contributed by atoms with Crippen LogP contribution in [0.15, 0.2) is 4.52 Å². The summed E-state index contributed by atoms with van der Waals surface area (Å²) < 4.78 is 5.34. The molecule has 1 aromatic rings. The van der Waals surface area contributed by atoms with Crippen LogP contribution in [0.5, 0.6) is 0 Å². The van der Waals surface area contributed by atoms with Gasteiger partial charge in [0.2, 0.25) is 5.89 Å². The molecule has 2 fully saturated rings. The minimum Gasteiger partial charge on any atom is -0.339 e. The molecule has 2 aliphatic rings.